The van der Waals surface area contributed by atoms with E-state index in [-0.39, 0.29) is 12.5 Å². The summed E-state index contributed by atoms with van der Waals surface area (Å²) in [5.41, 5.74) is 4.76. The Morgan fingerprint density at radius 2 is 2.00 bits per heavy atom. The molecule has 28 heavy (non-hydrogen) atoms. The van der Waals surface area contributed by atoms with Gasteiger partial charge in [0.15, 0.2) is 5.82 Å². The van der Waals surface area contributed by atoms with Crippen molar-refractivity contribution in [1.82, 2.24) is 20.1 Å². The van der Waals surface area contributed by atoms with Crippen LogP contribution in [0.2, 0.25) is 0 Å². The maximum absolute atomic E-state index is 12.1. The van der Waals surface area contributed by atoms with Crippen LogP contribution in [-0.4, -0.2) is 32.9 Å². The molecule has 0 atom stereocenters. The second-order valence-corrected chi connectivity index (χ2v) is 7.79. The third-order valence-electron chi connectivity index (χ3n) is 4.85. The molecule has 1 aliphatic heterocycles. The number of hydrogen-bond donors (Lipinski definition) is 1. The monoisotopic (exact) mass is 389 g/mol. The van der Waals surface area contributed by atoms with Gasteiger partial charge in [0.2, 0.25) is 0 Å². The van der Waals surface area contributed by atoms with Crippen LogP contribution < -0.4 is 5.32 Å². The van der Waals surface area contributed by atoms with Crippen LogP contribution in [0.25, 0.3) is 5.00 Å². The van der Waals surface area contributed by atoms with Gasteiger partial charge in [-0.05, 0) is 38.5 Å². The van der Waals surface area contributed by atoms with E-state index in [4.69, 9.17) is 11.4 Å². The molecule has 0 saturated carbocycles. The van der Waals surface area contributed by atoms with E-state index < -0.39 is 0 Å². The molecular weight excluding hydrogens is 370 g/mol. The van der Waals surface area contributed by atoms with Gasteiger partial charge in [0.05, 0.1) is 12.3 Å². The first-order chi connectivity index (χ1) is 13.5. The highest BCUT2D eigenvalue weighted by Gasteiger charge is 2.26. The molecule has 0 saturated heterocycles. The van der Waals surface area contributed by atoms with Crippen molar-refractivity contribution in [3.05, 3.63) is 63.0 Å². The molecular formula is C21H19N5OS. The Morgan fingerprint density at radius 3 is 2.71 bits per heavy atom. The van der Waals surface area contributed by atoms with Crippen LogP contribution in [0.1, 0.15) is 43.6 Å². The van der Waals surface area contributed by atoms with Crippen molar-refractivity contribution >= 4 is 23.0 Å². The Kier molecular flexibility index (Phi) is 4.57. The summed E-state index contributed by atoms with van der Waals surface area (Å²) in [5.74, 6) is 3.91. The van der Waals surface area contributed by atoms with E-state index in [0.717, 1.165) is 33.5 Å². The zero-order chi connectivity index (χ0) is 19.8. The molecule has 1 aliphatic rings. The van der Waals surface area contributed by atoms with Crippen LogP contribution in [0.5, 0.6) is 0 Å². The van der Waals surface area contributed by atoms with E-state index in [1.807, 2.05) is 19.1 Å². The molecule has 0 spiro atoms. The lowest BCUT2D eigenvalue weighted by Gasteiger charge is -2.10. The minimum absolute atomic E-state index is 0.183. The van der Waals surface area contributed by atoms with Crippen molar-refractivity contribution in [3.63, 3.8) is 0 Å². The molecule has 0 radical (unpaired) electrons. The summed E-state index contributed by atoms with van der Waals surface area (Å²) in [6.07, 6.45) is 5.20. The number of carbonyl (C=O) groups is 1. The molecule has 0 aliphatic carbocycles. The molecule has 4 rings (SSSR count). The number of aliphatic imine (C=N–C) groups is 1. The number of amides is 1. The lowest BCUT2D eigenvalue weighted by atomic mass is 9.99. The van der Waals surface area contributed by atoms with Crippen LogP contribution in [0.15, 0.2) is 29.3 Å². The van der Waals surface area contributed by atoms with Crippen molar-refractivity contribution in [2.45, 2.75) is 27.3 Å². The fraction of sp³-hybridized carbons (Fsp3) is 0.238. The van der Waals surface area contributed by atoms with Crippen LogP contribution in [0, 0.1) is 33.1 Å². The molecule has 7 heteroatoms. The van der Waals surface area contributed by atoms with Gasteiger partial charge in [0, 0.05) is 21.6 Å². The quantitative estimate of drug-likeness (QED) is 0.700. The van der Waals surface area contributed by atoms with Crippen molar-refractivity contribution in [3.8, 4) is 17.3 Å². The molecule has 2 aromatic heterocycles. The largest absolute Gasteiger partial charge is 0.341 e. The van der Waals surface area contributed by atoms with E-state index in [1.165, 1.54) is 10.4 Å². The predicted molar refractivity (Wildman–Crippen MR) is 110 cm³/mol. The fourth-order valence-corrected chi connectivity index (χ4v) is 4.52. The zero-order valence-corrected chi connectivity index (χ0v) is 16.7. The number of fused-ring (bicyclic) bond motifs is 3. The van der Waals surface area contributed by atoms with Gasteiger partial charge in [-0.2, -0.15) is 0 Å². The summed E-state index contributed by atoms with van der Waals surface area (Å²) < 4.78 is 2.10. The SMILES string of the molecule is C#CCNC(=O)c1ccc(C2=NCc3nnc(C)n3-c3sc(C)c(C)c32)cc1. The molecule has 140 valence electrons. The van der Waals surface area contributed by atoms with E-state index in [1.54, 1.807) is 23.5 Å². The number of aryl methyl sites for hydroxylation is 2. The smallest absolute Gasteiger partial charge is 0.252 e. The van der Waals surface area contributed by atoms with E-state index in [0.29, 0.717) is 12.1 Å². The average molecular weight is 389 g/mol. The topological polar surface area (TPSA) is 72.2 Å². The van der Waals surface area contributed by atoms with Gasteiger partial charge in [0.25, 0.3) is 5.91 Å². The fourth-order valence-electron chi connectivity index (χ4n) is 3.30. The van der Waals surface area contributed by atoms with Gasteiger partial charge in [-0.25, -0.2) is 0 Å². The number of benzene rings is 1. The highest BCUT2D eigenvalue weighted by Crippen LogP contribution is 2.36. The van der Waals surface area contributed by atoms with Crippen molar-refractivity contribution < 1.29 is 4.79 Å². The summed E-state index contributed by atoms with van der Waals surface area (Å²) in [5, 5.41) is 12.3. The van der Waals surface area contributed by atoms with Crippen molar-refractivity contribution in [2.24, 2.45) is 4.99 Å². The molecule has 0 fully saturated rings. The molecule has 3 heterocycles. The second-order valence-electron chi connectivity index (χ2n) is 6.59. The molecule has 3 aromatic rings. The number of aromatic nitrogens is 3. The normalized spacial score (nSPS) is 12.4. The summed E-state index contributed by atoms with van der Waals surface area (Å²) in [4.78, 5) is 18.2. The molecule has 0 bridgehead atoms. The summed E-state index contributed by atoms with van der Waals surface area (Å²) >= 11 is 1.73. The standard InChI is InChI=1S/C21H19N5OS/c1-5-10-22-20(27)16-8-6-15(7-9-16)19-18-12(2)13(3)28-21(18)26-14(4)24-25-17(26)11-23-19/h1,6-9H,10-11H2,2-4H3,(H,22,27). The summed E-state index contributed by atoms with van der Waals surface area (Å²) in [6, 6.07) is 7.46. The highest BCUT2D eigenvalue weighted by molar-refractivity contribution is 7.15. The first-order valence-corrected chi connectivity index (χ1v) is 9.71. The number of nitrogens with zero attached hydrogens (tertiary/aromatic N) is 4. The molecule has 0 unspecified atom stereocenters. The molecule has 6 nitrogen and oxygen atoms in total. The Morgan fingerprint density at radius 1 is 1.25 bits per heavy atom. The first-order valence-electron chi connectivity index (χ1n) is 8.89. The number of rotatable bonds is 3. The van der Waals surface area contributed by atoms with Gasteiger partial charge in [-0.15, -0.1) is 28.0 Å². The summed E-state index contributed by atoms with van der Waals surface area (Å²) in [7, 11) is 0. The minimum Gasteiger partial charge on any atom is -0.341 e. The van der Waals surface area contributed by atoms with Crippen LogP contribution in [0.3, 0.4) is 0 Å². The Labute approximate surface area is 167 Å². The van der Waals surface area contributed by atoms with Crippen LogP contribution in [-0.2, 0) is 6.54 Å². The maximum atomic E-state index is 12.1. The van der Waals surface area contributed by atoms with Gasteiger partial charge < -0.3 is 5.32 Å². The number of hydrogen-bond acceptors (Lipinski definition) is 5. The number of terminal acetylenes is 1. The number of nitrogens with one attached hydrogen (secondary N) is 1. The molecule has 1 N–H and O–H groups in total. The lowest BCUT2D eigenvalue weighted by Crippen LogP contribution is -2.23. The van der Waals surface area contributed by atoms with Crippen molar-refractivity contribution in [1.29, 1.82) is 0 Å². The second kappa shape index (κ2) is 7.06. The van der Waals surface area contributed by atoms with E-state index in [2.05, 4.69) is 39.8 Å². The van der Waals surface area contributed by atoms with Crippen LogP contribution >= 0.6 is 11.3 Å². The number of carbonyl (C=O) groups excluding carboxylic acids is 1. The lowest BCUT2D eigenvalue weighted by molar-refractivity contribution is 0.0958. The zero-order valence-electron chi connectivity index (χ0n) is 15.9. The van der Waals surface area contributed by atoms with Crippen LogP contribution in [0.4, 0.5) is 0 Å². The van der Waals surface area contributed by atoms with Gasteiger partial charge in [-0.3, -0.25) is 14.4 Å². The molecule has 1 amide bonds. The number of thiophene rings is 1. The highest BCUT2D eigenvalue weighted by atomic mass is 32.1. The molecule has 1 aromatic carbocycles. The predicted octanol–water partition coefficient (Wildman–Crippen LogP) is 2.97. The third kappa shape index (κ3) is 2.92. The first kappa shape index (κ1) is 18.1. The Hall–Kier alpha value is -3.24. The van der Waals surface area contributed by atoms with Gasteiger partial charge >= 0.3 is 0 Å². The van der Waals surface area contributed by atoms with E-state index in [9.17, 15) is 4.79 Å². The average Bonchev–Trinajstić information content (AvgIpc) is 3.14. The maximum Gasteiger partial charge on any atom is 0.252 e. The van der Waals surface area contributed by atoms with Gasteiger partial charge in [-0.1, -0.05) is 18.1 Å². The van der Waals surface area contributed by atoms with Gasteiger partial charge in [0.1, 0.15) is 17.4 Å². The van der Waals surface area contributed by atoms with E-state index >= 15 is 0 Å². The summed E-state index contributed by atoms with van der Waals surface area (Å²) in [6.45, 7) is 6.86. The minimum atomic E-state index is -0.183. The Bertz CT molecular complexity index is 1140. The van der Waals surface area contributed by atoms with Crippen molar-refractivity contribution in [2.75, 3.05) is 6.54 Å². The third-order valence-corrected chi connectivity index (χ3v) is 6.04. The Balaban J connectivity index is 1.78.